The van der Waals surface area contributed by atoms with E-state index < -0.39 is 30.9 Å². The zero-order valence-electron chi connectivity index (χ0n) is 8.88. The summed E-state index contributed by atoms with van der Waals surface area (Å²) < 4.78 is 0. The summed E-state index contributed by atoms with van der Waals surface area (Å²) in [5.74, 6) is -1.11. The maximum atomic E-state index is 11.6. The van der Waals surface area contributed by atoms with Gasteiger partial charge in [0.2, 0.25) is 0 Å². The van der Waals surface area contributed by atoms with Crippen LogP contribution in [0.25, 0.3) is 0 Å². The Morgan fingerprint density at radius 3 is 2.56 bits per heavy atom. The number of fused-ring (bicyclic) bond motifs is 1. The third-order valence-corrected chi connectivity index (χ3v) is 2.86. The highest BCUT2D eigenvalue weighted by Gasteiger charge is 2.52. The average molecular weight is 228 g/mol. The van der Waals surface area contributed by atoms with Crippen LogP contribution in [0.4, 0.5) is 9.59 Å². The van der Waals surface area contributed by atoms with Crippen LogP contribution >= 0.6 is 0 Å². The number of hydrogen-bond acceptors (Lipinski definition) is 3. The number of nitrogens with one attached hydrogen (secondary N) is 1. The van der Waals surface area contributed by atoms with Gasteiger partial charge in [0.05, 0.1) is 0 Å². The lowest BCUT2D eigenvalue weighted by Gasteiger charge is -2.24. The molecular formula is C8H12N4O4. The summed E-state index contributed by atoms with van der Waals surface area (Å²) in [5, 5.41) is 11.3. The second-order valence-corrected chi connectivity index (χ2v) is 3.83. The van der Waals surface area contributed by atoms with Crippen LogP contribution in [0.15, 0.2) is 0 Å². The van der Waals surface area contributed by atoms with Crippen LogP contribution in [-0.2, 0) is 4.79 Å². The minimum absolute atomic E-state index is 0.245. The summed E-state index contributed by atoms with van der Waals surface area (Å²) in [6, 6.07) is -0.714. The topological polar surface area (TPSA) is 93.2 Å². The zero-order valence-corrected chi connectivity index (χ0v) is 8.88. The van der Waals surface area contributed by atoms with Gasteiger partial charge in [0.25, 0.3) is 0 Å². The largest absolute Gasteiger partial charge is 0.480 e. The Morgan fingerprint density at radius 1 is 1.38 bits per heavy atom. The number of carboxylic acids is 1. The van der Waals surface area contributed by atoms with Crippen molar-refractivity contribution in [2.24, 2.45) is 0 Å². The van der Waals surface area contributed by atoms with E-state index in [0.29, 0.717) is 0 Å². The molecule has 8 heteroatoms. The standard InChI is InChI=1S/C8H12N4O4/c1-10-5-6(11(2)8(10)16)12(3-4(13)14)7(15)9-5/h5-6H,3H2,1-2H3,(H,9,15)(H,13,14)/t5-,6+/m0/s1. The number of likely N-dealkylation sites (N-methyl/N-ethyl adjacent to an activating group) is 2. The molecule has 2 N–H and O–H groups in total. The van der Waals surface area contributed by atoms with Crippen LogP contribution in [0.3, 0.4) is 0 Å². The number of nitrogens with zero attached hydrogens (tertiary/aromatic N) is 3. The molecule has 2 aliphatic rings. The fraction of sp³-hybridized carbons (Fsp3) is 0.625. The summed E-state index contributed by atoms with van der Waals surface area (Å²) in [6.45, 7) is -0.418. The molecule has 16 heavy (non-hydrogen) atoms. The van der Waals surface area contributed by atoms with Gasteiger partial charge in [-0.05, 0) is 0 Å². The molecular weight excluding hydrogens is 216 g/mol. The molecule has 0 bridgehead atoms. The van der Waals surface area contributed by atoms with Crippen molar-refractivity contribution in [3.8, 4) is 0 Å². The molecule has 2 heterocycles. The fourth-order valence-corrected chi connectivity index (χ4v) is 2.08. The number of carbonyl (C=O) groups is 3. The number of urea groups is 2. The molecule has 2 atom stereocenters. The minimum Gasteiger partial charge on any atom is -0.480 e. The molecule has 2 saturated heterocycles. The van der Waals surface area contributed by atoms with Crippen molar-refractivity contribution in [1.29, 1.82) is 0 Å². The number of aliphatic carboxylic acids is 1. The van der Waals surface area contributed by atoms with Crippen molar-refractivity contribution in [2.45, 2.75) is 12.3 Å². The van der Waals surface area contributed by atoms with Gasteiger partial charge in [-0.1, -0.05) is 0 Å². The minimum atomic E-state index is -1.11. The van der Waals surface area contributed by atoms with Crippen LogP contribution in [0, 0.1) is 0 Å². The zero-order chi connectivity index (χ0) is 12.0. The van der Waals surface area contributed by atoms with E-state index in [1.54, 1.807) is 14.1 Å². The third kappa shape index (κ3) is 1.26. The first-order chi connectivity index (χ1) is 7.43. The first-order valence-corrected chi connectivity index (χ1v) is 4.72. The van der Waals surface area contributed by atoms with Gasteiger partial charge in [-0.3, -0.25) is 9.69 Å². The van der Waals surface area contributed by atoms with Gasteiger partial charge in [-0.15, -0.1) is 0 Å². The lowest BCUT2D eigenvalue weighted by molar-refractivity contribution is -0.138. The Balaban J connectivity index is 2.25. The molecule has 2 rings (SSSR count). The smallest absolute Gasteiger partial charge is 0.323 e. The first kappa shape index (κ1) is 10.5. The van der Waals surface area contributed by atoms with E-state index in [1.807, 2.05) is 0 Å². The highest BCUT2D eigenvalue weighted by molar-refractivity contribution is 5.87. The van der Waals surface area contributed by atoms with Crippen molar-refractivity contribution in [2.75, 3.05) is 20.6 Å². The molecule has 8 nitrogen and oxygen atoms in total. The summed E-state index contributed by atoms with van der Waals surface area (Å²) >= 11 is 0. The van der Waals surface area contributed by atoms with E-state index in [4.69, 9.17) is 5.11 Å². The molecule has 0 radical (unpaired) electrons. The first-order valence-electron chi connectivity index (χ1n) is 4.72. The van der Waals surface area contributed by atoms with Crippen LogP contribution in [0.1, 0.15) is 0 Å². The Bertz CT molecular complexity index is 371. The average Bonchev–Trinajstić information content (AvgIpc) is 2.61. The molecule has 0 aromatic carbocycles. The molecule has 0 unspecified atom stereocenters. The Morgan fingerprint density at radius 2 is 2.00 bits per heavy atom. The van der Waals surface area contributed by atoms with E-state index in [9.17, 15) is 14.4 Å². The number of hydrogen-bond donors (Lipinski definition) is 2. The molecule has 88 valence electrons. The van der Waals surface area contributed by atoms with Gasteiger partial charge in [0.15, 0.2) is 0 Å². The summed E-state index contributed by atoms with van der Waals surface area (Å²) in [7, 11) is 3.10. The van der Waals surface area contributed by atoms with E-state index in [1.165, 1.54) is 9.80 Å². The highest BCUT2D eigenvalue weighted by Crippen LogP contribution is 2.25. The molecule has 0 aliphatic carbocycles. The monoisotopic (exact) mass is 228 g/mol. The Kier molecular flexibility index (Phi) is 2.14. The van der Waals surface area contributed by atoms with Crippen LogP contribution in [0.5, 0.6) is 0 Å². The van der Waals surface area contributed by atoms with Gasteiger partial charge in [-0.25, -0.2) is 9.59 Å². The molecule has 2 fully saturated rings. The highest BCUT2D eigenvalue weighted by atomic mass is 16.4. The molecule has 0 spiro atoms. The van der Waals surface area contributed by atoms with Crippen molar-refractivity contribution in [3.63, 3.8) is 0 Å². The lowest BCUT2D eigenvalue weighted by atomic mass is 10.3. The fourth-order valence-electron chi connectivity index (χ4n) is 2.08. The van der Waals surface area contributed by atoms with Gasteiger partial charge >= 0.3 is 18.0 Å². The normalized spacial score (nSPS) is 28.5. The van der Waals surface area contributed by atoms with E-state index in [-0.39, 0.29) is 6.03 Å². The van der Waals surface area contributed by atoms with E-state index >= 15 is 0 Å². The third-order valence-electron chi connectivity index (χ3n) is 2.86. The predicted octanol–water partition coefficient (Wildman–Crippen LogP) is -1.25. The quantitative estimate of drug-likeness (QED) is 0.617. The van der Waals surface area contributed by atoms with Crippen molar-refractivity contribution in [1.82, 2.24) is 20.0 Å². The van der Waals surface area contributed by atoms with E-state index in [0.717, 1.165) is 4.90 Å². The molecule has 4 amide bonds. The van der Waals surface area contributed by atoms with Crippen molar-refractivity contribution >= 4 is 18.0 Å². The summed E-state index contributed by atoms with van der Waals surface area (Å²) in [6.07, 6.45) is -1.04. The predicted molar refractivity (Wildman–Crippen MR) is 51.4 cm³/mol. The maximum absolute atomic E-state index is 11.6. The Labute approximate surface area is 91.4 Å². The molecule has 0 aromatic heterocycles. The SMILES string of the molecule is CN1C(=O)N(C)[C@H]2[C@H]1NC(=O)N2CC(=O)O. The summed E-state index contributed by atoms with van der Waals surface area (Å²) in [5.41, 5.74) is 0. The van der Waals surface area contributed by atoms with Crippen molar-refractivity contribution in [3.05, 3.63) is 0 Å². The van der Waals surface area contributed by atoms with Crippen LogP contribution in [0.2, 0.25) is 0 Å². The van der Waals surface area contributed by atoms with Crippen molar-refractivity contribution < 1.29 is 19.5 Å². The molecule has 0 saturated carbocycles. The summed E-state index contributed by atoms with van der Waals surface area (Å²) in [4.78, 5) is 37.6. The Hall–Kier alpha value is -1.99. The molecule has 2 aliphatic heterocycles. The van der Waals surface area contributed by atoms with Gasteiger partial charge in [0.1, 0.15) is 18.9 Å². The number of carboxylic acid groups (broad SMARTS) is 1. The number of amides is 4. The van der Waals surface area contributed by atoms with Crippen LogP contribution < -0.4 is 5.32 Å². The number of rotatable bonds is 2. The van der Waals surface area contributed by atoms with Gasteiger partial charge in [0, 0.05) is 14.1 Å². The van der Waals surface area contributed by atoms with Gasteiger partial charge in [-0.2, -0.15) is 0 Å². The van der Waals surface area contributed by atoms with Crippen LogP contribution in [-0.4, -0.2) is 70.8 Å². The van der Waals surface area contributed by atoms with E-state index in [2.05, 4.69) is 5.32 Å². The number of carbonyl (C=O) groups excluding carboxylic acids is 2. The maximum Gasteiger partial charge on any atom is 0.323 e. The van der Waals surface area contributed by atoms with Gasteiger partial charge < -0.3 is 20.2 Å². The molecule has 0 aromatic rings. The second-order valence-electron chi connectivity index (χ2n) is 3.83. The second kappa shape index (κ2) is 3.26. The lowest BCUT2D eigenvalue weighted by Crippen LogP contribution is -2.46.